The molecule has 0 aromatic carbocycles. The maximum atomic E-state index is 12.6. The van der Waals surface area contributed by atoms with Crippen molar-refractivity contribution in [1.82, 2.24) is 9.88 Å². The normalized spacial score (nSPS) is 26.7. The quantitative estimate of drug-likeness (QED) is 0.803. The molecule has 6 heteroatoms. The number of hydrogen-bond donors (Lipinski definition) is 0. The van der Waals surface area contributed by atoms with Gasteiger partial charge in [0.1, 0.15) is 0 Å². The molecule has 3 rings (SSSR count). The van der Waals surface area contributed by atoms with Gasteiger partial charge in [0, 0.05) is 29.0 Å². The molecule has 2 atom stereocenters. The van der Waals surface area contributed by atoms with Gasteiger partial charge in [0.05, 0.1) is 6.54 Å². The lowest BCUT2D eigenvalue weighted by Gasteiger charge is -2.34. The molecule has 0 spiro atoms. The molecule has 2 unspecified atom stereocenters. The summed E-state index contributed by atoms with van der Waals surface area (Å²) in [5.74, 6) is 0. The van der Waals surface area contributed by atoms with Crippen LogP contribution in [0.1, 0.15) is 24.8 Å². The monoisotopic (exact) mass is 346 g/mol. The maximum absolute atomic E-state index is 12.6. The number of pyridine rings is 1. The molecule has 1 fully saturated rings. The van der Waals surface area contributed by atoms with E-state index in [1.165, 1.54) is 0 Å². The summed E-state index contributed by atoms with van der Waals surface area (Å²) in [5, 5.41) is 0. The van der Waals surface area contributed by atoms with Crippen LogP contribution in [-0.4, -0.2) is 34.7 Å². The van der Waals surface area contributed by atoms with Crippen LogP contribution in [0.25, 0.3) is 5.57 Å². The predicted molar refractivity (Wildman–Crippen MR) is 74.1 cm³/mol. The van der Waals surface area contributed by atoms with Crippen LogP contribution in [0.3, 0.4) is 0 Å². The molecule has 3 heterocycles. The molecule has 2 bridgehead atoms. The second-order valence-corrected chi connectivity index (χ2v) is 6.29. The number of halogens is 4. The van der Waals surface area contributed by atoms with Gasteiger partial charge in [-0.25, -0.2) is 0 Å². The van der Waals surface area contributed by atoms with Crippen molar-refractivity contribution in [3.8, 4) is 0 Å². The van der Waals surface area contributed by atoms with E-state index in [1.54, 1.807) is 17.3 Å². The first-order chi connectivity index (χ1) is 9.42. The molecule has 1 aromatic heterocycles. The summed E-state index contributed by atoms with van der Waals surface area (Å²) >= 11 is 3.38. The molecule has 20 heavy (non-hydrogen) atoms. The Kier molecular flexibility index (Phi) is 3.62. The van der Waals surface area contributed by atoms with E-state index in [1.807, 2.05) is 12.1 Å². The van der Waals surface area contributed by atoms with Gasteiger partial charge >= 0.3 is 6.18 Å². The van der Waals surface area contributed by atoms with Crippen molar-refractivity contribution in [3.63, 3.8) is 0 Å². The van der Waals surface area contributed by atoms with E-state index in [0.29, 0.717) is 6.42 Å². The van der Waals surface area contributed by atoms with Gasteiger partial charge in [-0.3, -0.25) is 9.88 Å². The Morgan fingerprint density at radius 3 is 2.75 bits per heavy atom. The van der Waals surface area contributed by atoms with Crippen molar-refractivity contribution < 1.29 is 13.2 Å². The largest absolute Gasteiger partial charge is 0.401 e. The molecule has 1 saturated heterocycles. The highest BCUT2D eigenvalue weighted by Gasteiger charge is 2.42. The molecule has 0 saturated carbocycles. The van der Waals surface area contributed by atoms with Gasteiger partial charge in [-0.2, -0.15) is 13.2 Å². The molecule has 0 radical (unpaired) electrons. The number of nitrogens with zero attached hydrogens (tertiary/aromatic N) is 2. The van der Waals surface area contributed by atoms with Crippen molar-refractivity contribution in [2.75, 3.05) is 6.54 Å². The van der Waals surface area contributed by atoms with Gasteiger partial charge in [-0.1, -0.05) is 6.08 Å². The third-order valence-electron chi connectivity index (χ3n) is 3.98. The Balaban J connectivity index is 1.83. The van der Waals surface area contributed by atoms with Gasteiger partial charge in [-0.05, 0) is 52.4 Å². The zero-order chi connectivity index (χ0) is 14.3. The Morgan fingerprint density at radius 1 is 1.30 bits per heavy atom. The highest BCUT2D eigenvalue weighted by molar-refractivity contribution is 9.10. The first-order valence-electron chi connectivity index (χ1n) is 6.56. The van der Waals surface area contributed by atoms with Crippen molar-refractivity contribution in [2.24, 2.45) is 0 Å². The Bertz CT molecular complexity index is 541. The lowest BCUT2D eigenvalue weighted by atomic mass is 9.96. The number of hydrogen-bond acceptors (Lipinski definition) is 2. The minimum atomic E-state index is -4.12. The zero-order valence-corrected chi connectivity index (χ0v) is 12.3. The van der Waals surface area contributed by atoms with Crippen LogP contribution in [0.5, 0.6) is 0 Å². The minimum Gasteiger partial charge on any atom is -0.285 e. The first kappa shape index (κ1) is 14.1. The summed E-state index contributed by atoms with van der Waals surface area (Å²) in [4.78, 5) is 5.72. The van der Waals surface area contributed by atoms with Crippen molar-refractivity contribution >= 4 is 21.5 Å². The average molecular weight is 347 g/mol. The first-order valence-corrected chi connectivity index (χ1v) is 7.36. The predicted octanol–water partition coefficient (Wildman–Crippen LogP) is 4.03. The van der Waals surface area contributed by atoms with Crippen LogP contribution in [0.4, 0.5) is 13.2 Å². The molecule has 2 aliphatic heterocycles. The Hall–Kier alpha value is -0.880. The molecular weight excluding hydrogens is 333 g/mol. The van der Waals surface area contributed by atoms with Gasteiger partial charge < -0.3 is 0 Å². The number of aromatic nitrogens is 1. The highest BCUT2D eigenvalue weighted by Crippen LogP contribution is 2.40. The summed E-state index contributed by atoms with van der Waals surface area (Å²) in [7, 11) is 0. The lowest BCUT2D eigenvalue weighted by Crippen LogP contribution is -2.44. The molecule has 2 nitrogen and oxygen atoms in total. The van der Waals surface area contributed by atoms with Crippen LogP contribution in [0.2, 0.25) is 0 Å². The van der Waals surface area contributed by atoms with Crippen LogP contribution in [0, 0.1) is 0 Å². The Labute approximate surface area is 123 Å². The summed E-state index contributed by atoms with van der Waals surface area (Å²) in [6.45, 7) is -0.803. The van der Waals surface area contributed by atoms with Crippen LogP contribution >= 0.6 is 15.9 Å². The van der Waals surface area contributed by atoms with Crippen molar-refractivity contribution in [3.05, 3.63) is 34.6 Å². The second kappa shape index (κ2) is 5.15. The van der Waals surface area contributed by atoms with Crippen LogP contribution in [0.15, 0.2) is 29.0 Å². The molecule has 0 amide bonds. The van der Waals surface area contributed by atoms with Crippen molar-refractivity contribution in [1.29, 1.82) is 0 Å². The number of fused-ring (bicyclic) bond motifs is 2. The summed E-state index contributed by atoms with van der Waals surface area (Å²) in [6, 6.07) is 1.88. The summed E-state index contributed by atoms with van der Waals surface area (Å²) in [5.41, 5.74) is 2.12. The van der Waals surface area contributed by atoms with E-state index < -0.39 is 12.7 Å². The van der Waals surface area contributed by atoms with Crippen LogP contribution < -0.4 is 0 Å². The van der Waals surface area contributed by atoms with E-state index >= 15 is 0 Å². The fourth-order valence-corrected chi connectivity index (χ4v) is 3.54. The Morgan fingerprint density at radius 2 is 2.10 bits per heavy atom. The fourth-order valence-electron chi connectivity index (χ4n) is 3.17. The van der Waals surface area contributed by atoms with E-state index in [9.17, 15) is 13.2 Å². The van der Waals surface area contributed by atoms with Gasteiger partial charge in [0.2, 0.25) is 0 Å². The van der Waals surface area contributed by atoms with E-state index in [-0.39, 0.29) is 12.1 Å². The van der Waals surface area contributed by atoms with E-state index in [2.05, 4.69) is 20.9 Å². The molecule has 1 aromatic rings. The lowest BCUT2D eigenvalue weighted by molar-refractivity contribution is -0.150. The average Bonchev–Trinajstić information content (AvgIpc) is 2.60. The molecule has 2 aliphatic rings. The third-order valence-corrected chi connectivity index (χ3v) is 4.41. The summed E-state index contributed by atoms with van der Waals surface area (Å²) in [6.07, 6.45) is 3.66. The molecular formula is C14H14BrF3N2. The fraction of sp³-hybridized carbons (Fsp3) is 0.500. The van der Waals surface area contributed by atoms with E-state index in [4.69, 9.17) is 0 Å². The SMILES string of the molecule is FC(F)(F)CN1C2C=C(c3cncc(Br)c3)CC1CC2. The zero-order valence-electron chi connectivity index (χ0n) is 10.7. The topological polar surface area (TPSA) is 16.1 Å². The maximum Gasteiger partial charge on any atom is 0.401 e. The van der Waals surface area contributed by atoms with Gasteiger partial charge in [0.15, 0.2) is 0 Å². The second-order valence-electron chi connectivity index (χ2n) is 5.37. The minimum absolute atomic E-state index is 0.000562. The molecule has 0 aliphatic carbocycles. The standard InChI is InChI=1S/C14H14BrF3N2/c15-11-3-10(6-19-7-11)9-4-12-1-2-13(5-9)20(12)8-14(16,17)18/h3-4,6-7,12-13H,1-2,5,8H2. The third kappa shape index (κ3) is 2.91. The van der Waals surface area contributed by atoms with E-state index in [0.717, 1.165) is 28.5 Å². The van der Waals surface area contributed by atoms with Crippen molar-refractivity contribution in [2.45, 2.75) is 37.5 Å². The molecule has 0 N–H and O–H groups in total. The van der Waals surface area contributed by atoms with Gasteiger partial charge in [-0.15, -0.1) is 0 Å². The van der Waals surface area contributed by atoms with Crippen LogP contribution in [-0.2, 0) is 0 Å². The number of rotatable bonds is 2. The highest BCUT2D eigenvalue weighted by atomic mass is 79.9. The molecule has 108 valence electrons. The smallest absolute Gasteiger partial charge is 0.285 e. The number of alkyl halides is 3. The van der Waals surface area contributed by atoms with Gasteiger partial charge in [0.25, 0.3) is 0 Å². The summed E-state index contributed by atoms with van der Waals surface area (Å²) < 4.78 is 38.7.